The number of carbonyl (C=O) groups is 1. The largest absolute Gasteiger partial charge is 0.406 e. The van der Waals surface area contributed by atoms with Gasteiger partial charge in [-0.3, -0.25) is 0 Å². The molecule has 0 spiro atoms. The molecule has 0 aliphatic carbocycles. The number of carbonyl (C=O) groups excluding carboxylic acids is 1. The van der Waals surface area contributed by atoms with Crippen LogP contribution in [0.2, 0.25) is 0 Å². The summed E-state index contributed by atoms with van der Waals surface area (Å²) >= 11 is 0. The SMILES string of the molecule is CCN(CC(F)(F)F)C(=O)N1CCOCC1. The molecule has 0 aromatic rings. The monoisotopic (exact) mass is 240 g/mol. The van der Waals surface area contributed by atoms with Gasteiger partial charge in [0.25, 0.3) is 0 Å². The number of rotatable bonds is 2. The van der Waals surface area contributed by atoms with Gasteiger partial charge in [0.15, 0.2) is 0 Å². The molecule has 1 saturated heterocycles. The van der Waals surface area contributed by atoms with Gasteiger partial charge in [0.05, 0.1) is 13.2 Å². The van der Waals surface area contributed by atoms with Crippen molar-refractivity contribution in [2.45, 2.75) is 13.1 Å². The summed E-state index contributed by atoms with van der Waals surface area (Å²) in [4.78, 5) is 13.9. The van der Waals surface area contributed by atoms with Gasteiger partial charge in [-0.25, -0.2) is 4.79 Å². The van der Waals surface area contributed by atoms with Crippen LogP contribution in [0, 0.1) is 0 Å². The van der Waals surface area contributed by atoms with Crippen LogP contribution < -0.4 is 0 Å². The zero-order valence-electron chi connectivity index (χ0n) is 9.09. The van der Waals surface area contributed by atoms with Crippen molar-refractivity contribution in [3.63, 3.8) is 0 Å². The van der Waals surface area contributed by atoms with E-state index in [1.54, 1.807) is 0 Å². The number of amides is 2. The molecule has 0 bridgehead atoms. The van der Waals surface area contributed by atoms with Crippen LogP contribution in [0.25, 0.3) is 0 Å². The molecule has 1 aliphatic rings. The second-order valence-corrected chi connectivity index (χ2v) is 3.51. The van der Waals surface area contributed by atoms with E-state index in [1.165, 1.54) is 11.8 Å². The second-order valence-electron chi connectivity index (χ2n) is 3.51. The predicted octanol–water partition coefficient (Wildman–Crippen LogP) is 1.32. The van der Waals surface area contributed by atoms with Crippen molar-refractivity contribution in [2.75, 3.05) is 39.4 Å². The number of halogens is 3. The van der Waals surface area contributed by atoms with Gasteiger partial charge in [-0.15, -0.1) is 0 Å². The topological polar surface area (TPSA) is 32.8 Å². The van der Waals surface area contributed by atoms with Gasteiger partial charge in [0.2, 0.25) is 0 Å². The van der Waals surface area contributed by atoms with Crippen molar-refractivity contribution >= 4 is 6.03 Å². The Hall–Kier alpha value is -0.980. The first-order valence-electron chi connectivity index (χ1n) is 5.12. The van der Waals surface area contributed by atoms with Gasteiger partial charge in [-0.2, -0.15) is 13.2 Å². The molecule has 16 heavy (non-hydrogen) atoms. The normalized spacial score (nSPS) is 17.4. The average Bonchev–Trinajstić information content (AvgIpc) is 2.25. The third kappa shape index (κ3) is 3.88. The van der Waals surface area contributed by atoms with Crippen LogP contribution in [0.15, 0.2) is 0 Å². The van der Waals surface area contributed by atoms with Crippen LogP contribution in [0.1, 0.15) is 6.92 Å². The Morgan fingerprint density at radius 2 is 1.94 bits per heavy atom. The zero-order chi connectivity index (χ0) is 12.2. The van der Waals surface area contributed by atoms with E-state index in [2.05, 4.69) is 0 Å². The third-order valence-corrected chi connectivity index (χ3v) is 2.30. The minimum absolute atomic E-state index is 0.0513. The highest BCUT2D eigenvalue weighted by atomic mass is 19.4. The number of morpholine rings is 1. The van der Waals surface area contributed by atoms with E-state index in [0.717, 1.165) is 4.90 Å². The lowest BCUT2D eigenvalue weighted by Crippen LogP contribution is -2.50. The molecule has 1 fully saturated rings. The molecule has 1 heterocycles. The maximum Gasteiger partial charge on any atom is 0.406 e. The first-order chi connectivity index (χ1) is 7.44. The fourth-order valence-corrected chi connectivity index (χ4v) is 1.49. The molecule has 2 amide bonds. The quantitative estimate of drug-likeness (QED) is 0.729. The molecule has 1 aliphatic heterocycles. The van der Waals surface area contributed by atoms with E-state index in [0.29, 0.717) is 26.3 Å². The number of hydrogen-bond acceptors (Lipinski definition) is 2. The summed E-state index contributed by atoms with van der Waals surface area (Å²) in [5, 5.41) is 0. The summed E-state index contributed by atoms with van der Waals surface area (Å²) in [6.07, 6.45) is -4.35. The molecular weight excluding hydrogens is 225 g/mol. The van der Waals surface area contributed by atoms with Crippen LogP contribution in [-0.4, -0.2) is 61.4 Å². The molecule has 1 rings (SSSR count). The van der Waals surface area contributed by atoms with Gasteiger partial charge in [0, 0.05) is 19.6 Å². The lowest BCUT2D eigenvalue weighted by molar-refractivity contribution is -0.141. The minimum Gasteiger partial charge on any atom is -0.378 e. The molecule has 0 aromatic heterocycles. The summed E-state index contributed by atoms with van der Waals surface area (Å²) in [6.45, 7) is 1.87. The van der Waals surface area contributed by atoms with Gasteiger partial charge in [-0.05, 0) is 6.92 Å². The number of hydrogen-bond donors (Lipinski definition) is 0. The first-order valence-corrected chi connectivity index (χ1v) is 5.12. The molecule has 0 radical (unpaired) electrons. The van der Waals surface area contributed by atoms with Crippen molar-refractivity contribution in [1.82, 2.24) is 9.80 Å². The highest BCUT2D eigenvalue weighted by molar-refractivity contribution is 5.74. The Morgan fingerprint density at radius 1 is 1.38 bits per heavy atom. The van der Waals surface area contributed by atoms with E-state index in [1.807, 2.05) is 0 Å². The molecule has 0 N–H and O–H groups in total. The van der Waals surface area contributed by atoms with E-state index in [9.17, 15) is 18.0 Å². The summed E-state index contributed by atoms with van der Waals surface area (Å²) in [5.74, 6) is 0. The second kappa shape index (κ2) is 5.38. The fourth-order valence-electron chi connectivity index (χ4n) is 1.49. The van der Waals surface area contributed by atoms with Crippen molar-refractivity contribution < 1.29 is 22.7 Å². The number of alkyl halides is 3. The van der Waals surface area contributed by atoms with Crippen molar-refractivity contribution in [2.24, 2.45) is 0 Å². The summed E-state index contributed by atoms with van der Waals surface area (Å²) in [5.41, 5.74) is 0. The van der Waals surface area contributed by atoms with Crippen LogP contribution in [-0.2, 0) is 4.74 Å². The third-order valence-electron chi connectivity index (χ3n) is 2.30. The molecule has 0 atom stereocenters. The van der Waals surface area contributed by atoms with Crippen molar-refractivity contribution in [3.8, 4) is 0 Å². The number of ether oxygens (including phenoxy) is 1. The van der Waals surface area contributed by atoms with Crippen LogP contribution in [0.3, 0.4) is 0 Å². The summed E-state index contributed by atoms with van der Waals surface area (Å²) < 4.78 is 41.6. The molecule has 0 unspecified atom stereocenters. The minimum atomic E-state index is -4.35. The first kappa shape index (κ1) is 13.1. The molecule has 4 nitrogen and oxygen atoms in total. The lowest BCUT2D eigenvalue weighted by atomic mass is 10.4. The van der Waals surface area contributed by atoms with Gasteiger partial charge >= 0.3 is 12.2 Å². The van der Waals surface area contributed by atoms with Crippen LogP contribution >= 0.6 is 0 Å². The zero-order valence-corrected chi connectivity index (χ0v) is 9.09. The van der Waals surface area contributed by atoms with Crippen LogP contribution in [0.5, 0.6) is 0 Å². The van der Waals surface area contributed by atoms with Gasteiger partial charge < -0.3 is 14.5 Å². The maximum absolute atomic E-state index is 12.2. The van der Waals surface area contributed by atoms with E-state index in [-0.39, 0.29) is 6.54 Å². The Morgan fingerprint density at radius 3 is 2.38 bits per heavy atom. The highest BCUT2D eigenvalue weighted by Crippen LogP contribution is 2.17. The lowest BCUT2D eigenvalue weighted by Gasteiger charge is -2.32. The Labute approximate surface area is 91.9 Å². The molecule has 0 saturated carbocycles. The molecular formula is C9H15F3N2O2. The predicted molar refractivity (Wildman–Crippen MR) is 51.1 cm³/mol. The Balaban J connectivity index is 2.54. The standard InChI is InChI=1S/C9H15F3N2O2/c1-2-13(7-9(10,11)12)8(15)14-3-5-16-6-4-14/h2-7H2,1H3. The fraction of sp³-hybridized carbons (Fsp3) is 0.889. The summed E-state index contributed by atoms with van der Waals surface area (Å²) in [7, 11) is 0. The van der Waals surface area contributed by atoms with E-state index >= 15 is 0 Å². The van der Waals surface area contributed by atoms with Crippen molar-refractivity contribution in [3.05, 3.63) is 0 Å². The molecule has 0 aromatic carbocycles. The van der Waals surface area contributed by atoms with E-state index < -0.39 is 18.8 Å². The highest BCUT2D eigenvalue weighted by Gasteiger charge is 2.34. The van der Waals surface area contributed by atoms with Gasteiger partial charge in [-0.1, -0.05) is 0 Å². The number of nitrogens with zero attached hydrogens (tertiary/aromatic N) is 2. The Bertz CT molecular complexity index is 239. The average molecular weight is 240 g/mol. The smallest absolute Gasteiger partial charge is 0.378 e. The molecule has 7 heteroatoms. The summed E-state index contributed by atoms with van der Waals surface area (Å²) in [6, 6.07) is -0.567. The Kier molecular flexibility index (Phi) is 4.40. The molecule has 94 valence electrons. The van der Waals surface area contributed by atoms with Crippen molar-refractivity contribution in [1.29, 1.82) is 0 Å². The number of urea groups is 1. The van der Waals surface area contributed by atoms with E-state index in [4.69, 9.17) is 4.74 Å². The van der Waals surface area contributed by atoms with Crippen LogP contribution in [0.4, 0.5) is 18.0 Å². The maximum atomic E-state index is 12.2. The van der Waals surface area contributed by atoms with Gasteiger partial charge in [0.1, 0.15) is 6.54 Å².